The van der Waals surface area contributed by atoms with Gasteiger partial charge in [-0.15, -0.1) is 0 Å². The monoisotopic (exact) mass is 331 g/mol. The molecular weight excluding hydrogens is 318 g/mol. The van der Waals surface area contributed by atoms with Gasteiger partial charge in [0.15, 0.2) is 5.65 Å². The van der Waals surface area contributed by atoms with Crippen molar-refractivity contribution < 1.29 is 9.53 Å². The van der Waals surface area contributed by atoms with E-state index in [1.54, 1.807) is 42.3 Å². The summed E-state index contributed by atoms with van der Waals surface area (Å²) >= 11 is 0. The molecule has 122 valence electrons. The summed E-state index contributed by atoms with van der Waals surface area (Å²) in [5.74, 6) is 0.313. The highest BCUT2D eigenvalue weighted by molar-refractivity contribution is 6.11. The smallest absolute Gasteiger partial charge is 0.216 e. The van der Waals surface area contributed by atoms with Crippen LogP contribution in [0, 0.1) is 0 Å². The number of methoxy groups -OCH3 is 1. The van der Waals surface area contributed by atoms with Gasteiger partial charge in [-0.05, 0) is 24.3 Å². The highest BCUT2D eigenvalue weighted by atomic mass is 16.5. The lowest BCUT2D eigenvalue weighted by Crippen LogP contribution is -2.05. The van der Waals surface area contributed by atoms with Crippen LogP contribution in [0.2, 0.25) is 0 Å². The number of carbonyl (C=O) groups is 1. The van der Waals surface area contributed by atoms with Crippen LogP contribution in [-0.2, 0) is 0 Å². The second-order valence-electron chi connectivity index (χ2n) is 5.27. The molecule has 0 aromatic carbocycles. The SMILES string of the molecule is COc1ccnc(C(=O)c2cnn3c(-c4ccncc4)ccnc23)c1. The van der Waals surface area contributed by atoms with Gasteiger partial charge in [-0.2, -0.15) is 5.10 Å². The Hall–Kier alpha value is -3.61. The van der Waals surface area contributed by atoms with E-state index < -0.39 is 0 Å². The molecule has 0 saturated heterocycles. The molecule has 4 aromatic heterocycles. The first-order chi connectivity index (χ1) is 12.3. The van der Waals surface area contributed by atoms with Crippen LogP contribution < -0.4 is 4.74 Å². The van der Waals surface area contributed by atoms with Crippen LogP contribution in [0.15, 0.2) is 61.3 Å². The fraction of sp³-hybridized carbons (Fsp3) is 0.0556. The molecular formula is C18H13N5O2. The minimum Gasteiger partial charge on any atom is -0.497 e. The largest absolute Gasteiger partial charge is 0.497 e. The molecule has 4 aromatic rings. The average Bonchev–Trinajstić information content (AvgIpc) is 3.12. The number of ketones is 1. The molecule has 0 amide bonds. The van der Waals surface area contributed by atoms with Crippen LogP contribution in [0.3, 0.4) is 0 Å². The van der Waals surface area contributed by atoms with Crippen molar-refractivity contribution in [2.75, 3.05) is 7.11 Å². The summed E-state index contributed by atoms with van der Waals surface area (Å²) in [6, 6.07) is 8.88. The van der Waals surface area contributed by atoms with E-state index in [2.05, 4.69) is 20.1 Å². The molecule has 0 unspecified atom stereocenters. The second kappa shape index (κ2) is 6.12. The number of rotatable bonds is 4. The normalized spacial score (nSPS) is 10.8. The zero-order chi connectivity index (χ0) is 17.2. The zero-order valence-electron chi connectivity index (χ0n) is 13.3. The minimum absolute atomic E-state index is 0.256. The second-order valence-corrected chi connectivity index (χ2v) is 5.27. The molecule has 0 saturated carbocycles. The third kappa shape index (κ3) is 2.61. The van der Waals surface area contributed by atoms with Crippen molar-refractivity contribution in [1.29, 1.82) is 0 Å². The van der Waals surface area contributed by atoms with Crippen molar-refractivity contribution >= 4 is 11.4 Å². The lowest BCUT2D eigenvalue weighted by atomic mass is 10.1. The van der Waals surface area contributed by atoms with Gasteiger partial charge >= 0.3 is 0 Å². The van der Waals surface area contributed by atoms with E-state index in [0.717, 1.165) is 11.3 Å². The molecule has 7 nitrogen and oxygen atoms in total. The standard InChI is InChI=1S/C18H13N5O2/c1-25-13-4-8-20-15(10-13)17(24)14-11-22-23-16(5-9-21-18(14)23)12-2-6-19-7-3-12/h2-11H,1H3. The summed E-state index contributed by atoms with van der Waals surface area (Å²) in [7, 11) is 1.54. The highest BCUT2D eigenvalue weighted by Gasteiger charge is 2.19. The van der Waals surface area contributed by atoms with Gasteiger partial charge in [0.1, 0.15) is 11.4 Å². The summed E-state index contributed by atoms with van der Waals surface area (Å²) in [5.41, 5.74) is 2.90. The van der Waals surface area contributed by atoms with Crippen LogP contribution in [0.5, 0.6) is 5.75 Å². The van der Waals surface area contributed by atoms with E-state index in [1.165, 1.54) is 12.4 Å². The van der Waals surface area contributed by atoms with Gasteiger partial charge in [-0.25, -0.2) is 9.50 Å². The fourth-order valence-corrected chi connectivity index (χ4v) is 2.59. The van der Waals surface area contributed by atoms with E-state index in [-0.39, 0.29) is 11.5 Å². The van der Waals surface area contributed by atoms with Crippen molar-refractivity contribution in [3.05, 3.63) is 72.6 Å². The summed E-state index contributed by atoms with van der Waals surface area (Å²) in [6.45, 7) is 0. The Morgan fingerprint density at radius 2 is 1.84 bits per heavy atom. The number of fused-ring (bicyclic) bond motifs is 1. The average molecular weight is 331 g/mol. The molecule has 0 aliphatic carbocycles. The topological polar surface area (TPSA) is 82.3 Å². The maximum atomic E-state index is 12.8. The minimum atomic E-state index is -0.256. The molecule has 0 N–H and O–H groups in total. The van der Waals surface area contributed by atoms with Crippen LogP contribution in [-0.4, -0.2) is 37.5 Å². The van der Waals surface area contributed by atoms with Gasteiger partial charge in [0, 0.05) is 36.4 Å². The van der Waals surface area contributed by atoms with Gasteiger partial charge in [0.25, 0.3) is 0 Å². The zero-order valence-corrected chi connectivity index (χ0v) is 13.3. The third-order valence-electron chi connectivity index (χ3n) is 3.82. The first-order valence-corrected chi connectivity index (χ1v) is 7.56. The molecule has 25 heavy (non-hydrogen) atoms. The van der Waals surface area contributed by atoms with E-state index >= 15 is 0 Å². The van der Waals surface area contributed by atoms with Crippen molar-refractivity contribution in [3.63, 3.8) is 0 Å². The predicted molar refractivity (Wildman–Crippen MR) is 90.4 cm³/mol. The first kappa shape index (κ1) is 14.9. The number of carbonyl (C=O) groups excluding carboxylic acids is 1. The molecule has 0 bridgehead atoms. The van der Waals surface area contributed by atoms with Gasteiger partial charge in [0.2, 0.25) is 5.78 Å². The quantitative estimate of drug-likeness (QED) is 0.534. The molecule has 0 spiro atoms. The molecule has 0 atom stereocenters. The van der Waals surface area contributed by atoms with Crippen LogP contribution in [0.1, 0.15) is 16.1 Å². The lowest BCUT2D eigenvalue weighted by molar-refractivity contribution is 0.103. The molecule has 4 heterocycles. The first-order valence-electron chi connectivity index (χ1n) is 7.56. The Bertz CT molecular complexity index is 1060. The molecule has 0 radical (unpaired) electrons. The Kier molecular flexibility index (Phi) is 3.66. The molecule has 0 fully saturated rings. The molecule has 4 rings (SSSR count). The fourth-order valence-electron chi connectivity index (χ4n) is 2.59. The lowest BCUT2D eigenvalue weighted by Gasteiger charge is -2.05. The highest BCUT2D eigenvalue weighted by Crippen LogP contribution is 2.22. The molecule has 0 aliphatic rings. The maximum absolute atomic E-state index is 12.8. The van der Waals surface area contributed by atoms with E-state index in [0.29, 0.717) is 17.0 Å². The third-order valence-corrected chi connectivity index (χ3v) is 3.82. The van der Waals surface area contributed by atoms with Gasteiger partial charge < -0.3 is 4.74 Å². The van der Waals surface area contributed by atoms with Crippen molar-refractivity contribution in [2.24, 2.45) is 0 Å². The number of nitrogens with zero attached hydrogens (tertiary/aromatic N) is 5. The Labute approximate surface area is 143 Å². The Morgan fingerprint density at radius 1 is 1.04 bits per heavy atom. The number of hydrogen-bond acceptors (Lipinski definition) is 6. The summed E-state index contributed by atoms with van der Waals surface area (Å²) < 4.78 is 6.79. The number of hydrogen-bond donors (Lipinski definition) is 0. The van der Waals surface area contributed by atoms with Gasteiger partial charge in [-0.3, -0.25) is 14.8 Å². The van der Waals surface area contributed by atoms with E-state index in [9.17, 15) is 4.79 Å². The van der Waals surface area contributed by atoms with Crippen molar-refractivity contribution in [3.8, 4) is 17.0 Å². The Balaban J connectivity index is 1.83. The van der Waals surface area contributed by atoms with E-state index in [1.807, 2.05) is 18.2 Å². The van der Waals surface area contributed by atoms with Crippen LogP contribution in [0.25, 0.3) is 16.9 Å². The number of ether oxygens (including phenoxy) is 1. The van der Waals surface area contributed by atoms with Crippen molar-refractivity contribution in [2.45, 2.75) is 0 Å². The summed E-state index contributed by atoms with van der Waals surface area (Å²) in [5, 5.41) is 4.34. The van der Waals surface area contributed by atoms with Gasteiger partial charge in [-0.1, -0.05) is 0 Å². The van der Waals surface area contributed by atoms with E-state index in [4.69, 9.17) is 4.74 Å². The maximum Gasteiger partial charge on any atom is 0.216 e. The number of aromatic nitrogens is 5. The number of pyridine rings is 2. The Morgan fingerprint density at radius 3 is 2.64 bits per heavy atom. The van der Waals surface area contributed by atoms with Crippen LogP contribution >= 0.6 is 0 Å². The summed E-state index contributed by atoms with van der Waals surface area (Å²) in [6.07, 6.45) is 8.11. The van der Waals surface area contributed by atoms with Gasteiger partial charge in [0.05, 0.1) is 24.6 Å². The molecule has 0 aliphatic heterocycles. The predicted octanol–water partition coefficient (Wildman–Crippen LogP) is 2.43. The summed E-state index contributed by atoms with van der Waals surface area (Å²) in [4.78, 5) is 25.3. The van der Waals surface area contributed by atoms with Crippen molar-refractivity contribution in [1.82, 2.24) is 24.6 Å². The molecule has 7 heteroatoms. The van der Waals surface area contributed by atoms with Crippen LogP contribution in [0.4, 0.5) is 0 Å².